The fourth-order valence-electron chi connectivity index (χ4n) is 1.46. The van der Waals surface area contributed by atoms with Crippen LogP contribution in [-0.4, -0.2) is 32.8 Å². The lowest BCUT2D eigenvalue weighted by Gasteiger charge is -2.11. The van der Waals surface area contributed by atoms with Gasteiger partial charge in [-0.1, -0.05) is 0 Å². The van der Waals surface area contributed by atoms with Gasteiger partial charge in [-0.25, -0.2) is 0 Å². The maximum absolute atomic E-state index is 12.7. The van der Waals surface area contributed by atoms with Crippen molar-refractivity contribution in [2.75, 3.05) is 32.2 Å². The second-order valence-electron chi connectivity index (χ2n) is 3.96. The number of rotatable bonds is 6. The summed E-state index contributed by atoms with van der Waals surface area (Å²) in [6, 6.07) is 4.40. The number of hydrogen-bond donors (Lipinski definition) is 1. The van der Waals surface area contributed by atoms with Crippen LogP contribution < -0.4 is 5.32 Å². The van der Waals surface area contributed by atoms with Gasteiger partial charge in [-0.05, 0) is 18.2 Å². The molecule has 0 saturated heterocycles. The summed E-state index contributed by atoms with van der Waals surface area (Å²) < 4.78 is 47.9. The van der Waals surface area contributed by atoms with Gasteiger partial charge in [0.25, 0.3) is 0 Å². The number of halogens is 3. The molecule has 21 heavy (non-hydrogen) atoms. The molecule has 1 aromatic rings. The summed E-state index contributed by atoms with van der Waals surface area (Å²) in [4.78, 5) is 11.5. The van der Waals surface area contributed by atoms with Crippen molar-refractivity contribution in [3.63, 3.8) is 0 Å². The molecule has 0 bridgehead atoms. The Morgan fingerprint density at radius 3 is 2.67 bits per heavy atom. The summed E-state index contributed by atoms with van der Waals surface area (Å²) in [6.07, 6.45) is -4.67. The SMILES string of the molecule is COCCOCC(=O)Nc1ccc(C#N)c(C(F)(F)F)c1. The van der Waals surface area contributed by atoms with Crippen molar-refractivity contribution in [1.82, 2.24) is 0 Å². The predicted octanol–water partition coefficient (Wildman–Crippen LogP) is 2.18. The summed E-state index contributed by atoms with van der Waals surface area (Å²) in [6.45, 7) is 0.207. The molecule has 8 heteroatoms. The molecule has 1 aromatic carbocycles. The van der Waals surface area contributed by atoms with Gasteiger partial charge in [-0.3, -0.25) is 4.79 Å². The van der Waals surface area contributed by atoms with Crippen molar-refractivity contribution >= 4 is 11.6 Å². The number of nitriles is 1. The van der Waals surface area contributed by atoms with Crippen LogP contribution in [0.4, 0.5) is 18.9 Å². The number of ether oxygens (including phenoxy) is 2. The Morgan fingerprint density at radius 2 is 2.10 bits per heavy atom. The molecule has 0 saturated carbocycles. The van der Waals surface area contributed by atoms with Crippen LogP contribution in [0.5, 0.6) is 0 Å². The Bertz CT molecular complexity index is 538. The summed E-state index contributed by atoms with van der Waals surface area (Å²) in [5.74, 6) is -0.594. The first-order valence-electron chi connectivity index (χ1n) is 5.86. The minimum atomic E-state index is -4.67. The van der Waals surface area contributed by atoms with Gasteiger partial charge < -0.3 is 14.8 Å². The topological polar surface area (TPSA) is 71.3 Å². The number of methoxy groups -OCH3 is 1. The summed E-state index contributed by atoms with van der Waals surface area (Å²) in [5.41, 5.74) is -1.65. The highest BCUT2D eigenvalue weighted by Crippen LogP contribution is 2.33. The van der Waals surface area contributed by atoms with E-state index in [9.17, 15) is 18.0 Å². The number of amides is 1. The third-order valence-electron chi connectivity index (χ3n) is 2.39. The number of nitrogens with one attached hydrogen (secondary N) is 1. The Hall–Kier alpha value is -2.11. The van der Waals surface area contributed by atoms with Crippen LogP contribution in [-0.2, 0) is 20.4 Å². The highest BCUT2D eigenvalue weighted by molar-refractivity contribution is 5.91. The van der Waals surface area contributed by atoms with Crippen molar-refractivity contribution in [1.29, 1.82) is 5.26 Å². The number of nitrogens with zero attached hydrogens (tertiary/aromatic N) is 1. The Morgan fingerprint density at radius 1 is 1.38 bits per heavy atom. The predicted molar refractivity (Wildman–Crippen MR) is 67.5 cm³/mol. The minimum absolute atomic E-state index is 0.0540. The maximum atomic E-state index is 12.7. The quantitative estimate of drug-likeness (QED) is 0.818. The van der Waals surface area contributed by atoms with Gasteiger partial charge in [0.15, 0.2) is 0 Å². The van der Waals surface area contributed by atoms with Crippen LogP contribution in [0.3, 0.4) is 0 Å². The molecule has 0 aliphatic rings. The first-order chi connectivity index (χ1) is 9.88. The number of carbonyl (C=O) groups excluding carboxylic acids is 1. The molecule has 0 fully saturated rings. The molecular formula is C13H13F3N2O3. The molecule has 0 heterocycles. The number of carbonyl (C=O) groups is 1. The maximum Gasteiger partial charge on any atom is 0.417 e. The van der Waals surface area contributed by atoms with Gasteiger partial charge >= 0.3 is 6.18 Å². The van der Waals surface area contributed by atoms with E-state index in [0.717, 1.165) is 6.07 Å². The van der Waals surface area contributed by atoms with Gasteiger partial charge in [-0.15, -0.1) is 0 Å². The van der Waals surface area contributed by atoms with E-state index in [4.69, 9.17) is 14.7 Å². The molecule has 1 amide bonds. The van der Waals surface area contributed by atoms with Crippen LogP contribution in [0.2, 0.25) is 0 Å². The van der Waals surface area contributed by atoms with E-state index < -0.39 is 23.2 Å². The van der Waals surface area contributed by atoms with Gasteiger partial charge in [0.1, 0.15) is 6.61 Å². The largest absolute Gasteiger partial charge is 0.417 e. The highest BCUT2D eigenvalue weighted by atomic mass is 19.4. The molecule has 1 N–H and O–H groups in total. The third-order valence-corrected chi connectivity index (χ3v) is 2.39. The molecule has 0 aliphatic carbocycles. The fourth-order valence-corrected chi connectivity index (χ4v) is 1.46. The van der Waals surface area contributed by atoms with E-state index in [2.05, 4.69) is 5.32 Å². The van der Waals surface area contributed by atoms with E-state index >= 15 is 0 Å². The van der Waals surface area contributed by atoms with Crippen molar-refractivity contribution in [3.8, 4) is 6.07 Å². The number of anilines is 1. The average Bonchev–Trinajstić information content (AvgIpc) is 2.42. The van der Waals surface area contributed by atoms with E-state index in [1.54, 1.807) is 0 Å². The molecule has 5 nitrogen and oxygen atoms in total. The van der Waals surface area contributed by atoms with Gasteiger partial charge in [0, 0.05) is 12.8 Å². The molecule has 0 spiro atoms. The smallest absolute Gasteiger partial charge is 0.382 e. The van der Waals surface area contributed by atoms with Crippen molar-refractivity contribution in [2.24, 2.45) is 0 Å². The molecule has 0 aliphatic heterocycles. The zero-order valence-electron chi connectivity index (χ0n) is 11.2. The van der Waals surface area contributed by atoms with Crippen LogP contribution in [0.1, 0.15) is 11.1 Å². The Kier molecular flexibility index (Phi) is 6.14. The number of benzene rings is 1. The lowest BCUT2D eigenvalue weighted by Crippen LogP contribution is -2.20. The first kappa shape index (κ1) is 16.9. The van der Waals surface area contributed by atoms with E-state index in [1.165, 1.54) is 19.2 Å². The highest BCUT2D eigenvalue weighted by Gasteiger charge is 2.33. The van der Waals surface area contributed by atoms with Gasteiger partial charge in [0.05, 0.1) is 30.4 Å². The van der Waals surface area contributed by atoms with E-state index in [-0.39, 0.29) is 18.9 Å². The molecular weight excluding hydrogens is 289 g/mol. The monoisotopic (exact) mass is 302 g/mol. The Balaban J connectivity index is 2.72. The van der Waals surface area contributed by atoms with Gasteiger partial charge in [-0.2, -0.15) is 18.4 Å². The lowest BCUT2D eigenvalue weighted by atomic mass is 10.1. The standard InChI is InChI=1S/C13H13F3N2O3/c1-20-4-5-21-8-12(19)18-10-3-2-9(7-17)11(6-10)13(14,15)16/h2-3,6H,4-5,8H2,1H3,(H,18,19). The van der Waals surface area contributed by atoms with E-state index in [0.29, 0.717) is 12.7 Å². The zero-order chi connectivity index (χ0) is 15.9. The van der Waals surface area contributed by atoms with Gasteiger partial charge in [0.2, 0.25) is 5.91 Å². The molecule has 0 radical (unpaired) electrons. The minimum Gasteiger partial charge on any atom is -0.382 e. The van der Waals surface area contributed by atoms with Crippen LogP contribution >= 0.6 is 0 Å². The lowest BCUT2D eigenvalue weighted by molar-refractivity contribution is -0.137. The molecule has 1 rings (SSSR count). The first-order valence-corrected chi connectivity index (χ1v) is 5.86. The molecule has 0 aromatic heterocycles. The van der Waals surface area contributed by atoms with Crippen LogP contribution in [0, 0.1) is 11.3 Å². The number of alkyl halides is 3. The second kappa shape index (κ2) is 7.61. The summed E-state index contributed by atoms with van der Waals surface area (Å²) in [5, 5.41) is 10.9. The van der Waals surface area contributed by atoms with E-state index in [1.807, 2.05) is 0 Å². The molecule has 0 atom stereocenters. The molecule has 114 valence electrons. The third kappa shape index (κ3) is 5.41. The summed E-state index contributed by atoms with van der Waals surface area (Å²) >= 11 is 0. The average molecular weight is 302 g/mol. The summed E-state index contributed by atoms with van der Waals surface area (Å²) in [7, 11) is 1.47. The normalized spacial score (nSPS) is 11.0. The fraction of sp³-hybridized carbons (Fsp3) is 0.385. The Labute approximate surface area is 119 Å². The van der Waals surface area contributed by atoms with Crippen molar-refractivity contribution in [2.45, 2.75) is 6.18 Å². The zero-order valence-corrected chi connectivity index (χ0v) is 11.2. The van der Waals surface area contributed by atoms with Crippen molar-refractivity contribution in [3.05, 3.63) is 29.3 Å². The molecule has 0 unspecified atom stereocenters. The van der Waals surface area contributed by atoms with Crippen molar-refractivity contribution < 1.29 is 27.4 Å². The second-order valence-corrected chi connectivity index (χ2v) is 3.96. The van der Waals surface area contributed by atoms with Crippen LogP contribution in [0.15, 0.2) is 18.2 Å². The number of hydrogen-bond acceptors (Lipinski definition) is 4. The van der Waals surface area contributed by atoms with Crippen LogP contribution in [0.25, 0.3) is 0 Å².